The van der Waals surface area contributed by atoms with Crippen LogP contribution in [-0.4, -0.2) is 39.3 Å². The zero-order valence-electron chi connectivity index (χ0n) is 18.9. The second-order valence-electron chi connectivity index (χ2n) is 9.43. The van der Waals surface area contributed by atoms with Gasteiger partial charge in [0, 0.05) is 6.20 Å². The Balaban J connectivity index is 1.62. The van der Waals surface area contributed by atoms with Crippen LogP contribution in [0.15, 0.2) is 54.7 Å². The number of benzene rings is 2. The molecule has 1 aliphatic rings. The van der Waals surface area contributed by atoms with Crippen LogP contribution >= 0.6 is 0 Å². The van der Waals surface area contributed by atoms with Crippen molar-refractivity contribution in [3.8, 4) is 17.1 Å². The molecule has 164 valence electrons. The number of anilines is 2. The second-order valence-corrected chi connectivity index (χ2v) is 9.43. The van der Waals surface area contributed by atoms with E-state index in [1.165, 1.54) is 5.56 Å². The normalized spacial score (nSPS) is 16.2. The summed E-state index contributed by atoms with van der Waals surface area (Å²) in [4.78, 5) is 15.0. The highest BCUT2D eigenvalue weighted by Gasteiger charge is 2.31. The number of pyridine rings is 1. The van der Waals surface area contributed by atoms with Crippen molar-refractivity contribution in [2.24, 2.45) is 0 Å². The van der Waals surface area contributed by atoms with Gasteiger partial charge in [-0.15, -0.1) is 0 Å². The number of aryl methyl sites for hydroxylation is 1. The number of H-pyrrole nitrogens is 1. The standard InChI is InChI=1S/C26H28N4O2/c1-16-8-11-23(27-13-16)30-18(14-31)15-32-24-19(6-5-7-22(24)30)25-28-20-10-9-17(26(2,3)4)12-21(20)29-25/h5-13,18,31H,14-15H2,1-4H3,(H,28,29)/t18-/m0/s1. The Morgan fingerprint density at radius 2 is 2.00 bits per heavy atom. The summed E-state index contributed by atoms with van der Waals surface area (Å²) in [6, 6.07) is 16.2. The molecular formula is C26H28N4O2. The van der Waals surface area contributed by atoms with E-state index in [0.717, 1.165) is 45.2 Å². The minimum atomic E-state index is -0.210. The number of nitrogens with one attached hydrogen (secondary N) is 1. The molecule has 6 heteroatoms. The Hall–Kier alpha value is -3.38. The highest BCUT2D eigenvalue weighted by atomic mass is 16.5. The third-order valence-corrected chi connectivity index (χ3v) is 6.00. The number of hydrogen-bond acceptors (Lipinski definition) is 5. The molecule has 0 bridgehead atoms. The monoisotopic (exact) mass is 428 g/mol. The molecule has 0 unspecified atom stereocenters. The first-order chi connectivity index (χ1) is 15.3. The van der Waals surface area contributed by atoms with Crippen LogP contribution in [-0.2, 0) is 5.41 Å². The Labute approximate surface area is 187 Å². The summed E-state index contributed by atoms with van der Waals surface area (Å²) in [5, 5.41) is 10.0. The molecule has 3 heterocycles. The smallest absolute Gasteiger partial charge is 0.154 e. The topological polar surface area (TPSA) is 74.3 Å². The number of imidazole rings is 1. The van der Waals surface area contributed by atoms with E-state index in [9.17, 15) is 5.11 Å². The predicted molar refractivity (Wildman–Crippen MR) is 128 cm³/mol. The summed E-state index contributed by atoms with van der Waals surface area (Å²) in [6.07, 6.45) is 1.84. The minimum absolute atomic E-state index is 0.0283. The Kier molecular flexibility index (Phi) is 4.90. The van der Waals surface area contributed by atoms with Gasteiger partial charge in [0.15, 0.2) is 5.75 Å². The van der Waals surface area contributed by atoms with Crippen molar-refractivity contribution in [1.82, 2.24) is 15.0 Å². The molecule has 0 radical (unpaired) electrons. The summed E-state index contributed by atoms with van der Waals surface area (Å²) < 4.78 is 6.17. The van der Waals surface area contributed by atoms with E-state index in [-0.39, 0.29) is 18.1 Å². The first kappa shape index (κ1) is 20.5. The fraction of sp³-hybridized carbons (Fsp3) is 0.308. The van der Waals surface area contributed by atoms with Gasteiger partial charge >= 0.3 is 0 Å². The van der Waals surface area contributed by atoms with Gasteiger partial charge in [0.25, 0.3) is 0 Å². The lowest BCUT2D eigenvalue weighted by Crippen LogP contribution is -2.43. The zero-order valence-corrected chi connectivity index (χ0v) is 18.9. The molecule has 2 N–H and O–H groups in total. The van der Waals surface area contributed by atoms with E-state index in [1.807, 2.05) is 43.5 Å². The fourth-order valence-corrected chi connectivity index (χ4v) is 4.15. The maximum absolute atomic E-state index is 10.0. The van der Waals surface area contributed by atoms with Crippen LogP contribution in [0.4, 0.5) is 11.5 Å². The summed E-state index contributed by atoms with van der Waals surface area (Å²) in [5.74, 6) is 2.30. The quantitative estimate of drug-likeness (QED) is 0.474. The molecule has 2 aromatic carbocycles. The maximum Gasteiger partial charge on any atom is 0.154 e. The van der Waals surface area contributed by atoms with Crippen molar-refractivity contribution in [2.45, 2.75) is 39.2 Å². The van der Waals surface area contributed by atoms with Crippen molar-refractivity contribution in [1.29, 1.82) is 0 Å². The van der Waals surface area contributed by atoms with Gasteiger partial charge in [-0.3, -0.25) is 0 Å². The molecular weight excluding hydrogens is 400 g/mol. The van der Waals surface area contributed by atoms with Crippen molar-refractivity contribution in [3.63, 3.8) is 0 Å². The van der Waals surface area contributed by atoms with Gasteiger partial charge in [0.1, 0.15) is 18.2 Å². The third kappa shape index (κ3) is 3.50. The summed E-state index contributed by atoms with van der Waals surface area (Å²) in [6.45, 7) is 8.97. The molecule has 4 aromatic rings. The lowest BCUT2D eigenvalue weighted by Gasteiger charge is -2.37. The van der Waals surface area contributed by atoms with E-state index < -0.39 is 0 Å². The summed E-state index contributed by atoms with van der Waals surface area (Å²) in [5.41, 5.74) is 6.11. The Bertz CT molecular complexity index is 1270. The van der Waals surface area contributed by atoms with Crippen LogP contribution in [0.2, 0.25) is 0 Å². The van der Waals surface area contributed by atoms with Crippen LogP contribution in [0.3, 0.4) is 0 Å². The number of aliphatic hydroxyl groups excluding tert-OH is 1. The van der Waals surface area contributed by atoms with Gasteiger partial charge in [0.05, 0.1) is 34.9 Å². The van der Waals surface area contributed by atoms with Gasteiger partial charge in [-0.1, -0.05) is 39.0 Å². The molecule has 0 saturated heterocycles. The van der Waals surface area contributed by atoms with Gasteiger partial charge in [-0.25, -0.2) is 9.97 Å². The molecule has 1 aliphatic heterocycles. The number of nitrogens with zero attached hydrogens (tertiary/aromatic N) is 3. The number of fused-ring (bicyclic) bond motifs is 2. The molecule has 0 amide bonds. The fourth-order valence-electron chi connectivity index (χ4n) is 4.15. The van der Waals surface area contributed by atoms with Gasteiger partial charge in [-0.05, 0) is 53.8 Å². The van der Waals surface area contributed by atoms with Crippen molar-refractivity contribution in [2.75, 3.05) is 18.1 Å². The molecule has 0 fully saturated rings. The zero-order chi connectivity index (χ0) is 22.5. The number of aromatic amines is 1. The molecule has 0 aliphatic carbocycles. The highest BCUT2D eigenvalue weighted by Crippen LogP contribution is 2.44. The van der Waals surface area contributed by atoms with Crippen molar-refractivity contribution < 1.29 is 9.84 Å². The van der Waals surface area contributed by atoms with Crippen molar-refractivity contribution in [3.05, 3.63) is 65.9 Å². The second kappa shape index (κ2) is 7.64. The molecule has 2 aromatic heterocycles. The molecule has 1 atom stereocenters. The van der Waals surface area contributed by atoms with E-state index >= 15 is 0 Å². The number of aliphatic hydroxyl groups is 1. The molecule has 32 heavy (non-hydrogen) atoms. The number of hydrogen-bond donors (Lipinski definition) is 2. The maximum atomic E-state index is 10.0. The van der Waals surface area contributed by atoms with Gasteiger partial charge in [0.2, 0.25) is 0 Å². The molecule has 6 nitrogen and oxygen atoms in total. The van der Waals surface area contributed by atoms with E-state index in [4.69, 9.17) is 9.72 Å². The van der Waals surface area contributed by atoms with Gasteiger partial charge in [-0.2, -0.15) is 0 Å². The molecule has 0 spiro atoms. The first-order valence-electron chi connectivity index (χ1n) is 10.9. The predicted octanol–water partition coefficient (Wildman–Crippen LogP) is 5.12. The average Bonchev–Trinajstić information content (AvgIpc) is 3.21. The summed E-state index contributed by atoms with van der Waals surface area (Å²) in [7, 11) is 0. The largest absolute Gasteiger partial charge is 0.488 e. The number of ether oxygens (including phenoxy) is 1. The van der Waals surface area contributed by atoms with E-state index in [1.54, 1.807) is 0 Å². The lowest BCUT2D eigenvalue weighted by atomic mass is 9.87. The molecule has 0 saturated carbocycles. The van der Waals surface area contributed by atoms with Crippen LogP contribution in [0.5, 0.6) is 5.75 Å². The summed E-state index contributed by atoms with van der Waals surface area (Å²) >= 11 is 0. The number of aromatic nitrogens is 3. The van der Waals surface area contributed by atoms with Crippen molar-refractivity contribution >= 4 is 22.5 Å². The van der Waals surface area contributed by atoms with E-state index in [0.29, 0.717) is 6.61 Å². The Morgan fingerprint density at radius 3 is 2.72 bits per heavy atom. The Morgan fingerprint density at radius 1 is 1.16 bits per heavy atom. The SMILES string of the molecule is Cc1ccc(N2c3cccc(-c4nc5ccc(C(C)(C)C)cc5[nH]4)c3OC[C@@H]2CO)nc1. The van der Waals surface area contributed by atoms with Crippen LogP contribution < -0.4 is 9.64 Å². The third-order valence-electron chi connectivity index (χ3n) is 6.00. The number of para-hydroxylation sites is 1. The van der Waals surface area contributed by atoms with Gasteiger partial charge < -0.3 is 19.7 Å². The molecule has 5 rings (SSSR count). The van der Waals surface area contributed by atoms with Crippen LogP contribution in [0, 0.1) is 6.92 Å². The lowest BCUT2D eigenvalue weighted by molar-refractivity contribution is 0.195. The van der Waals surface area contributed by atoms with E-state index in [2.05, 4.69) is 53.8 Å². The van der Waals surface area contributed by atoms with Crippen LogP contribution in [0.25, 0.3) is 22.4 Å². The van der Waals surface area contributed by atoms with Crippen LogP contribution in [0.1, 0.15) is 31.9 Å². The first-order valence-corrected chi connectivity index (χ1v) is 10.9. The highest BCUT2D eigenvalue weighted by molar-refractivity contribution is 5.85. The average molecular weight is 429 g/mol. The minimum Gasteiger partial charge on any atom is -0.488 e. The number of rotatable bonds is 3.